The third-order valence-electron chi connectivity index (χ3n) is 22.3. The Bertz CT molecular complexity index is 5030. The van der Waals surface area contributed by atoms with E-state index in [-0.39, 0.29) is 37.9 Å². The van der Waals surface area contributed by atoms with Crippen LogP contribution in [0.15, 0.2) is 188 Å². The first-order valence-corrected chi connectivity index (χ1v) is 34.0. The summed E-state index contributed by atoms with van der Waals surface area (Å²) in [6, 6.07) is 75.6. The predicted molar refractivity (Wildman–Crippen MR) is 398 cm³/mol. The van der Waals surface area contributed by atoms with Crippen LogP contribution in [0.3, 0.4) is 0 Å². The molecule has 0 bridgehead atoms. The molecule has 4 aliphatic rings. The van der Waals surface area contributed by atoms with Crippen LogP contribution in [0, 0.1) is 0 Å². The number of rotatable bonds is 4. The quantitative estimate of drug-likeness (QED) is 0.165. The van der Waals surface area contributed by atoms with Crippen LogP contribution in [0.25, 0.3) is 144 Å². The second-order valence-electron chi connectivity index (χ2n) is 34.1. The lowest BCUT2D eigenvalue weighted by atomic mass is 9.75. The number of hydrogen-bond acceptors (Lipinski definition) is 0. The maximum atomic E-state index is 2.60. The van der Waals surface area contributed by atoms with Gasteiger partial charge >= 0.3 is 0 Å². The second kappa shape index (κ2) is 19.0. The van der Waals surface area contributed by atoms with Crippen molar-refractivity contribution in [1.82, 2.24) is 0 Å². The standard InChI is InChI=1S/C92H88/c1-86(2,3)55-34-37-66-71(50-55)79(54-44-58(89(10,11)12)49-59(45-54)90(13,14)15)85-70-41-39-68-80-67(38-40-69(81(70)80)84(85)78(66)53-42-56(87(4,5)6)48-57(43-53)88(7,8)9)82-76(51-32-35-62-60-26-22-24-30-72(60)91(16,17)74(62)46-51)64-28-20-21-29-65(64)77(83(68)82)52-33-36-63-61-27-23-25-31-73(61)92(18,19)75(63)47-52/h20-50H,1-19H3. The largest absolute Gasteiger partial charge is 0.0619 e. The van der Waals surface area contributed by atoms with Gasteiger partial charge < -0.3 is 0 Å². The molecule has 456 valence electrons. The van der Waals surface area contributed by atoms with Crippen LogP contribution in [0.2, 0.25) is 0 Å². The van der Waals surface area contributed by atoms with E-state index in [0.29, 0.717) is 0 Å². The van der Waals surface area contributed by atoms with Crippen molar-refractivity contribution in [3.63, 3.8) is 0 Å². The fourth-order valence-electron chi connectivity index (χ4n) is 17.0. The molecular formula is C92H88. The van der Waals surface area contributed by atoms with Gasteiger partial charge in [0.05, 0.1) is 0 Å². The van der Waals surface area contributed by atoms with Crippen LogP contribution in [0.5, 0.6) is 0 Å². The highest BCUT2D eigenvalue weighted by atomic mass is 14.4. The van der Waals surface area contributed by atoms with E-state index in [2.05, 4.69) is 320 Å². The summed E-state index contributed by atoms with van der Waals surface area (Å²) in [5.74, 6) is 0. The molecular weight excluding hydrogens is 1110 g/mol. The highest BCUT2D eigenvalue weighted by Gasteiger charge is 2.42. The summed E-state index contributed by atoms with van der Waals surface area (Å²) in [4.78, 5) is 0. The van der Waals surface area contributed by atoms with E-state index in [9.17, 15) is 0 Å². The lowest BCUT2D eigenvalue weighted by Gasteiger charge is -2.29. The molecule has 16 rings (SSSR count). The van der Waals surface area contributed by atoms with E-state index < -0.39 is 0 Å². The molecule has 0 amide bonds. The Hall–Kier alpha value is -8.58. The summed E-state index contributed by atoms with van der Waals surface area (Å²) in [6.07, 6.45) is 0. The van der Waals surface area contributed by atoms with Crippen molar-refractivity contribution in [3.05, 3.63) is 238 Å². The number of fused-ring (bicyclic) bond motifs is 14. The second-order valence-corrected chi connectivity index (χ2v) is 34.1. The fourth-order valence-corrected chi connectivity index (χ4v) is 17.0. The summed E-state index contributed by atoms with van der Waals surface area (Å²) >= 11 is 0. The molecule has 0 heteroatoms. The van der Waals surface area contributed by atoms with Crippen LogP contribution >= 0.6 is 0 Å². The van der Waals surface area contributed by atoms with E-state index in [1.54, 1.807) is 0 Å². The van der Waals surface area contributed by atoms with Crippen molar-refractivity contribution in [2.75, 3.05) is 0 Å². The minimum atomic E-state index is -0.167. The van der Waals surface area contributed by atoms with Gasteiger partial charge in [0, 0.05) is 10.8 Å². The lowest BCUT2D eigenvalue weighted by molar-refractivity contribution is 0.568. The van der Waals surface area contributed by atoms with Crippen molar-refractivity contribution < 1.29 is 0 Å². The highest BCUT2D eigenvalue weighted by molar-refractivity contribution is 6.35. The lowest BCUT2D eigenvalue weighted by Crippen LogP contribution is -2.17. The molecule has 0 nitrogen and oxygen atoms in total. The van der Waals surface area contributed by atoms with E-state index in [4.69, 9.17) is 0 Å². The normalized spacial score (nSPS) is 14.9. The average Bonchev–Trinajstić information content (AvgIpc) is 1.50. The fraction of sp³-hybridized carbons (Fsp3) is 0.283. The van der Waals surface area contributed by atoms with Crippen LogP contribution in [0.1, 0.15) is 182 Å². The third kappa shape index (κ3) is 8.33. The Morgan fingerprint density at radius 3 is 0.859 bits per heavy atom. The molecule has 0 N–H and O–H groups in total. The summed E-state index contributed by atoms with van der Waals surface area (Å²) < 4.78 is 0. The van der Waals surface area contributed by atoms with Crippen LogP contribution in [-0.2, 0) is 37.9 Å². The van der Waals surface area contributed by atoms with E-state index in [1.165, 1.54) is 194 Å². The van der Waals surface area contributed by atoms with Crippen LogP contribution < -0.4 is 0 Å². The van der Waals surface area contributed by atoms with Gasteiger partial charge in [-0.15, -0.1) is 0 Å². The van der Waals surface area contributed by atoms with Gasteiger partial charge in [-0.1, -0.05) is 301 Å². The zero-order valence-electron chi connectivity index (χ0n) is 57.9. The predicted octanol–water partition coefficient (Wildman–Crippen LogP) is 26.2. The summed E-state index contributed by atoms with van der Waals surface area (Å²) in [7, 11) is 0. The minimum Gasteiger partial charge on any atom is -0.0619 e. The topological polar surface area (TPSA) is 0 Å². The molecule has 0 saturated carbocycles. The molecule has 0 unspecified atom stereocenters. The van der Waals surface area contributed by atoms with Crippen molar-refractivity contribution in [3.8, 4) is 111 Å². The van der Waals surface area contributed by atoms with Crippen molar-refractivity contribution >= 4 is 32.3 Å². The van der Waals surface area contributed by atoms with Gasteiger partial charge in [-0.3, -0.25) is 0 Å². The van der Waals surface area contributed by atoms with Crippen molar-refractivity contribution in [1.29, 1.82) is 0 Å². The third-order valence-corrected chi connectivity index (χ3v) is 22.3. The Kier molecular flexibility index (Phi) is 12.1. The zero-order valence-corrected chi connectivity index (χ0v) is 57.9. The smallest absolute Gasteiger partial charge is 0.0159 e. The van der Waals surface area contributed by atoms with Crippen molar-refractivity contribution in [2.24, 2.45) is 0 Å². The Labute approximate surface area is 547 Å². The minimum absolute atomic E-state index is 0.0848. The van der Waals surface area contributed by atoms with Gasteiger partial charge in [0.1, 0.15) is 0 Å². The Morgan fingerprint density at radius 1 is 0.207 bits per heavy atom. The van der Waals surface area contributed by atoms with Gasteiger partial charge in [-0.2, -0.15) is 0 Å². The molecule has 0 heterocycles. The first-order chi connectivity index (χ1) is 43.3. The summed E-state index contributed by atoms with van der Waals surface area (Å²) in [5, 5.41) is 7.92. The zero-order chi connectivity index (χ0) is 64.6. The van der Waals surface area contributed by atoms with Crippen molar-refractivity contribution in [2.45, 2.75) is 169 Å². The maximum Gasteiger partial charge on any atom is 0.0159 e. The van der Waals surface area contributed by atoms with E-state index in [1.807, 2.05) is 0 Å². The monoisotopic (exact) mass is 1190 g/mol. The van der Waals surface area contributed by atoms with E-state index >= 15 is 0 Å². The molecule has 0 atom stereocenters. The SMILES string of the molecule is CC(C)(C)c1cc(-c2c3c(c(-c4cc(C(C)(C)C)cc(C(C)(C)C)c4)c4cc(C(C)(C)C)ccc24)-c2ccc4c5c(ccc-3c25)-c2c-4c(-c3ccc4c(c3)C(C)(C)c3ccccc3-4)c3ccccc3c2-c2ccc3c(c2)C(C)(C)c2ccccc2-3)cc(C(C)(C)C)c1. The average molecular weight is 1190 g/mol. The van der Waals surface area contributed by atoms with Gasteiger partial charge in [0.25, 0.3) is 0 Å². The van der Waals surface area contributed by atoms with Gasteiger partial charge in [-0.25, -0.2) is 0 Å². The maximum absolute atomic E-state index is 2.60. The number of hydrogen-bond donors (Lipinski definition) is 0. The van der Waals surface area contributed by atoms with Crippen LogP contribution in [0.4, 0.5) is 0 Å². The summed E-state index contributed by atoms with van der Waals surface area (Å²) in [6.45, 7) is 45.5. The molecule has 0 saturated heterocycles. The Balaban J connectivity index is 1.07. The Morgan fingerprint density at radius 2 is 0.500 bits per heavy atom. The summed E-state index contributed by atoms with van der Waals surface area (Å²) in [5.41, 5.74) is 38.1. The molecule has 0 fully saturated rings. The molecule has 0 radical (unpaired) electrons. The van der Waals surface area contributed by atoms with Crippen LogP contribution in [-0.4, -0.2) is 0 Å². The molecule has 0 spiro atoms. The van der Waals surface area contributed by atoms with Gasteiger partial charge in [0.2, 0.25) is 0 Å². The first kappa shape index (κ1) is 58.5. The molecule has 0 aliphatic heterocycles. The molecule has 4 aliphatic carbocycles. The molecule has 0 aromatic heterocycles. The first-order valence-electron chi connectivity index (χ1n) is 34.0. The molecule has 92 heavy (non-hydrogen) atoms. The molecule has 12 aromatic rings. The van der Waals surface area contributed by atoms with Gasteiger partial charge in [-0.05, 0) is 239 Å². The van der Waals surface area contributed by atoms with E-state index in [0.717, 1.165) is 0 Å². The number of benzene rings is 12. The highest BCUT2D eigenvalue weighted by Crippen LogP contribution is 2.66. The van der Waals surface area contributed by atoms with Gasteiger partial charge in [0.15, 0.2) is 0 Å². The molecule has 12 aromatic carbocycles.